The minimum Gasteiger partial charge on any atom is -0.394 e. The molecule has 4 heteroatoms. The summed E-state index contributed by atoms with van der Waals surface area (Å²) in [6, 6.07) is 3.27. The standard InChI is InChI=1S/C13H19FO3/c1-9(2)12-6-10(7-16)5-11(13(12)14)8-17-4-3-15/h5-6,9,15-16H,3-4,7-8H2,1-2H3. The molecule has 0 heterocycles. The quantitative estimate of drug-likeness (QED) is 0.750. The normalized spacial score (nSPS) is 11.2. The van der Waals surface area contributed by atoms with Gasteiger partial charge in [0.2, 0.25) is 0 Å². The van der Waals surface area contributed by atoms with Gasteiger partial charge in [-0.05, 0) is 23.1 Å². The molecule has 0 radical (unpaired) electrons. The van der Waals surface area contributed by atoms with E-state index in [2.05, 4.69) is 0 Å². The fourth-order valence-corrected chi connectivity index (χ4v) is 1.64. The SMILES string of the molecule is CC(C)c1cc(CO)cc(COCCO)c1F. The van der Waals surface area contributed by atoms with Crippen molar-refractivity contribution in [3.8, 4) is 0 Å². The Balaban J connectivity index is 2.97. The monoisotopic (exact) mass is 242 g/mol. The highest BCUT2D eigenvalue weighted by Crippen LogP contribution is 2.24. The second kappa shape index (κ2) is 6.69. The third-order valence-corrected chi connectivity index (χ3v) is 2.53. The van der Waals surface area contributed by atoms with E-state index in [0.717, 1.165) is 0 Å². The molecule has 0 spiro atoms. The molecule has 3 nitrogen and oxygen atoms in total. The lowest BCUT2D eigenvalue weighted by atomic mass is 9.97. The molecular formula is C13H19FO3. The predicted octanol–water partition coefficient (Wildman–Crippen LogP) is 1.95. The summed E-state index contributed by atoms with van der Waals surface area (Å²) >= 11 is 0. The van der Waals surface area contributed by atoms with Crippen LogP contribution in [0.4, 0.5) is 4.39 Å². The van der Waals surface area contributed by atoms with Crippen LogP contribution in [-0.4, -0.2) is 23.4 Å². The molecule has 1 aromatic carbocycles. The summed E-state index contributed by atoms with van der Waals surface area (Å²) in [5, 5.41) is 17.7. The maximum atomic E-state index is 14.0. The van der Waals surface area contributed by atoms with E-state index < -0.39 is 0 Å². The van der Waals surface area contributed by atoms with Crippen LogP contribution in [-0.2, 0) is 18.0 Å². The van der Waals surface area contributed by atoms with Crippen molar-refractivity contribution >= 4 is 0 Å². The van der Waals surface area contributed by atoms with Crippen LogP contribution in [0, 0.1) is 5.82 Å². The molecule has 0 aliphatic rings. The first kappa shape index (κ1) is 14.1. The number of ether oxygens (including phenoxy) is 1. The van der Waals surface area contributed by atoms with Gasteiger partial charge >= 0.3 is 0 Å². The molecule has 2 N–H and O–H groups in total. The fraction of sp³-hybridized carbons (Fsp3) is 0.538. The average molecular weight is 242 g/mol. The van der Waals surface area contributed by atoms with Gasteiger partial charge in [0.1, 0.15) is 5.82 Å². The number of rotatable bonds is 6. The van der Waals surface area contributed by atoms with Crippen LogP contribution in [0.2, 0.25) is 0 Å². The lowest BCUT2D eigenvalue weighted by Crippen LogP contribution is -2.05. The van der Waals surface area contributed by atoms with Gasteiger partial charge in [-0.25, -0.2) is 4.39 Å². The number of aliphatic hydroxyl groups is 2. The van der Waals surface area contributed by atoms with Crippen LogP contribution in [0.5, 0.6) is 0 Å². The maximum Gasteiger partial charge on any atom is 0.132 e. The minimum absolute atomic E-state index is 0.0538. The smallest absolute Gasteiger partial charge is 0.132 e. The molecule has 0 aliphatic heterocycles. The van der Waals surface area contributed by atoms with Crippen molar-refractivity contribution in [2.24, 2.45) is 0 Å². The Morgan fingerprint density at radius 3 is 2.53 bits per heavy atom. The van der Waals surface area contributed by atoms with Gasteiger partial charge in [-0.15, -0.1) is 0 Å². The Morgan fingerprint density at radius 2 is 2.00 bits per heavy atom. The van der Waals surface area contributed by atoms with Gasteiger partial charge in [0.15, 0.2) is 0 Å². The van der Waals surface area contributed by atoms with Crippen molar-refractivity contribution in [2.75, 3.05) is 13.2 Å². The van der Waals surface area contributed by atoms with Gasteiger partial charge in [-0.1, -0.05) is 19.9 Å². The molecule has 0 unspecified atom stereocenters. The zero-order chi connectivity index (χ0) is 12.8. The number of hydrogen-bond acceptors (Lipinski definition) is 3. The molecular weight excluding hydrogens is 223 g/mol. The first-order valence-electron chi connectivity index (χ1n) is 5.70. The first-order valence-corrected chi connectivity index (χ1v) is 5.70. The predicted molar refractivity (Wildman–Crippen MR) is 63.2 cm³/mol. The van der Waals surface area contributed by atoms with Crippen LogP contribution in [0.25, 0.3) is 0 Å². The third-order valence-electron chi connectivity index (χ3n) is 2.53. The van der Waals surface area contributed by atoms with Crippen molar-refractivity contribution in [1.29, 1.82) is 0 Å². The summed E-state index contributed by atoms with van der Waals surface area (Å²) in [5.74, 6) is -0.228. The van der Waals surface area contributed by atoms with Gasteiger partial charge in [0.25, 0.3) is 0 Å². The van der Waals surface area contributed by atoms with Crippen molar-refractivity contribution in [3.63, 3.8) is 0 Å². The Bertz CT molecular complexity index is 364. The zero-order valence-electron chi connectivity index (χ0n) is 10.2. The molecule has 0 atom stereocenters. The highest BCUT2D eigenvalue weighted by molar-refractivity contribution is 5.33. The van der Waals surface area contributed by atoms with E-state index in [4.69, 9.17) is 14.9 Å². The second-order valence-corrected chi connectivity index (χ2v) is 4.25. The molecule has 0 amide bonds. The molecule has 0 bridgehead atoms. The lowest BCUT2D eigenvalue weighted by Gasteiger charge is -2.13. The maximum absolute atomic E-state index is 14.0. The molecule has 1 aromatic rings. The van der Waals surface area contributed by atoms with E-state index in [0.29, 0.717) is 16.7 Å². The van der Waals surface area contributed by atoms with Crippen LogP contribution in [0.1, 0.15) is 36.5 Å². The molecule has 0 saturated carbocycles. The lowest BCUT2D eigenvalue weighted by molar-refractivity contribution is 0.0797. The first-order chi connectivity index (χ1) is 8.10. The fourth-order valence-electron chi connectivity index (χ4n) is 1.64. The Labute approximate surface area is 101 Å². The van der Waals surface area contributed by atoms with E-state index in [1.807, 2.05) is 13.8 Å². The van der Waals surface area contributed by atoms with Crippen molar-refractivity contribution in [3.05, 3.63) is 34.6 Å². The number of benzene rings is 1. The zero-order valence-corrected chi connectivity index (χ0v) is 10.2. The Morgan fingerprint density at radius 1 is 1.29 bits per heavy atom. The number of hydrogen-bond donors (Lipinski definition) is 2. The minimum atomic E-state index is -0.282. The Hall–Kier alpha value is -0.970. The van der Waals surface area contributed by atoms with Crippen LogP contribution in [0.3, 0.4) is 0 Å². The van der Waals surface area contributed by atoms with Crippen molar-refractivity contribution in [1.82, 2.24) is 0 Å². The summed E-state index contributed by atoms with van der Waals surface area (Å²) in [6.45, 7) is 3.89. The van der Waals surface area contributed by atoms with E-state index in [9.17, 15) is 4.39 Å². The molecule has 0 aliphatic carbocycles. The summed E-state index contributed by atoms with van der Waals surface area (Å²) in [4.78, 5) is 0. The highest BCUT2D eigenvalue weighted by atomic mass is 19.1. The van der Waals surface area contributed by atoms with Crippen LogP contribution in [0.15, 0.2) is 12.1 Å². The summed E-state index contributed by atoms with van der Waals surface area (Å²) in [7, 11) is 0. The van der Waals surface area contributed by atoms with Gasteiger partial charge in [-0.2, -0.15) is 0 Å². The summed E-state index contributed by atoms with van der Waals surface area (Å²) < 4.78 is 19.2. The van der Waals surface area contributed by atoms with Gasteiger partial charge in [0.05, 0.1) is 26.4 Å². The topological polar surface area (TPSA) is 49.7 Å². The van der Waals surface area contributed by atoms with Gasteiger partial charge < -0.3 is 14.9 Å². The molecule has 0 fully saturated rings. The molecule has 17 heavy (non-hydrogen) atoms. The molecule has 0 aromatic heterocycles. The van der Waals surface area contributed by atoms with E-state index in [-0.39, 0.29) is 38.2 Å². The van der Waals surface area contributed by atoms with Crippen molar-refractivity contribution in [2.45, 2.75) is 33.0 Å². The largest absolute Gasteiger partial charge is 0.394 e. The molecule has 96 valence electrons. The summed E-state index contributed by atoms with van der Waals surface area (Å²) in [6.07, 6.45) is 0. The van der Waals surface area contributed by atoms with Crippen LogP contribution < -0.4 is 0 Å². The number of aliphatic hydroxyl groups excluding tert-OH is 2. The Kier molecular flexibility index (Phi) is 5.55. The van der Waals surface area contributed by atoms with Gasteiger partial charge in [-0.3, -0.25) is 0 Å². The van der Waals surface area contributed by atoms with E-state index in [1.165, 1.54) is 0 Å². The summed E-state index contributed by atoms with van der Waals surface area (Å²) in [5.41, 5.74) is 1.69. The van der Waals surface area contributed by atoms with Crippen LogP contribution >= 0.6 is 0 Å². The molecule has 1 rings (SSSR count). The van der Waals surface area contributed by atoms with E-state index >= 15 is 0 Å². The second-order valence-electron chi connectivity index (χ2n) is 4.25. The molecule has 0 saturated heterocycles. The highest BCUT2D eigenvalue weighted by Gasteiger charge is 2.13. The van der Waals surface area contributed by atoms with E-state index in [1.54, 1.807) is 12.1 Å². The van der Waals surface area contributed by atoms with Crippen molar-refractivity contribution < 1.29 is 19.3 Å². The number of halogens is 1. The average Bonchev–Trinajstić information content (AvgIpc) is 2.31. The van der Waals surface area contributed by atoms with Gasteiger partial charge in [0, 0.05) is 5.56 Å². The third kappa shape index (κ3) is 3.77.